The Labute approximate surface area is 175 Å². The monoisotopic (exact) mass is 430 g/mol. The van der Waals surface area contributed by atoms with Crippen LogP contribution in [-0.2, 0) is 13.1 Å². The predicted molar refractivity (Wildman–Crippen MR) is 105 cm³/mol. The summed E-state index contributed by atoms with van der Waals surface area (Å²) in [6.45, 7) is 0.715. The molecule has 160 valence electrons. The van der Waals surface area contributed by atoms with Crippen molar-refractivity contribution in [1.29, 1.82) is 0 Å². The van der Waals surface area contributed by atoms with Crippen molar-refractivity contribution in [1.82, 2.24) is 14.7 Å². The summed E-state index contributed by atoms with van der Waals surface area (Å²) < 4.78 is 55.5. The molecule has 0 radical (unpaired) electrons. The summed E-state index contributed by atoms with van der Waals surface area (Å²) in [5.41, 5.74) is 2.19. The van der Waals surface area contributed by atoms with Gasteiger partial charge in [0.25, 0.3) is 0 Å². The van der Waals surface area contributed by atoms with Gasteiger partial charge in [-0.2, -0.15) is 5.10 Å². The van der Waals surface area contributed by atoms with Gasteiger partial charge in [-0.3, -0.25) is 4.68 Å². The number of amides is 2. The van der Waals surface area contributed by atoms with Gasteiger partial charge in [0.15, 0.2) is 17.5 Å². The molecule has 0 bridgehead atoms. The van der Waals surface area contributed by atoms with Crippen LogP contribution in [-0.4, -0.2) is 26.8 Å². The van der Waals surface area contributed by atoms with Crippen LogP contribution in [0.15, 0.2) is 42.6 Å². The minimum atomic E-state index is -1.58. The SMILES string of the molecule is O=C(Nc1cc(F)c(F)c(F)c1)N1Cc2c(-c3ccc(F)cc3)cnn2CC1C1CC1. The zero-order valence-corrected chi connectivity index (χ0v) is 16.3. The van der Waals surface area contributed by atoms with E-state index < -0.39 is 23.5 Å². The number of carbonyl (C=O) groups excluding carboxylic acids is 1. The maximum Gasteiger partial charge on any atom is 0.322 e. The first-order valence-corrected chi connectivity index (χ1v) is 9.93. The minimum absolute atomic E-state index is 0.122. The number of aromatic nitrogens is 2. The number of hydrogen-bond acceptors (Lipinski definition) is 2. The summed E-state index contributed by atoms with van der Waals surface area (Å²) in [4.78, 5) is 14.7. The molecule has 5 nitrogen and oxygen atoms in total. The molecule has 0 saturated heterocycles. The molecule has 1 aliphatic heterocycles. The number of nitrogens with one attached hydrogen (secondary N) is 1. The molecule has 1 N–H and O–H groups in total. The Morgan fingerprint density at radius 1 is 1.03 bits per heavy atom. The van der Waals surface area contributed by atoms with Crippen LogP contribution in [0.1, 0.15) is 18.5 Å². The molecule has 2 amide bonds. The zero-order chi connectivity index (χ0) is 21.7. The maximum absolute atomic E-state index is 13.6. The Balaban J connectivity index is 1.44. The van der Waals surface area contributed by atoms with E-state index >= 15 is 0 Å². The molecule has 31 heavy (non-hydrogen) atoms. The first-order chi connectivity index (χ1) is 14.9. The fourth-order valence-electron chi connectivity index (χ4n) is 4.09. The third-order valence-electron chi connectivity index (χ3n) is 5.85. The molecule has 0 spiro atoms. The summed E-state index contributed by atoms with van der Waals surface area (Å²) in [5.74, 6) is -4.36. The second kappa shape index (κ2) is 7.40. The predicted octanol–water partition coefficient (Wildman–Crippen LogP) is 4.93. The first kappa shape index (κ1) is 19.6. The highest BCUT2D eigenvalue weighted by Gasteiger charge is 2.41. The summed E-state index contributed by atoms with van der Waals surface area (Å²) in [7, 11) is 0. The van der Waals surface area contributed by atoms with Crippen LogP contribution in [0.5, 0.6) is 0 Å². The Bertz CT molecular complexity index is 1130. The first-order valence-electron chi connectivity index (χ1n) is 9.93. The average Bonchev–Trinajstić information content (AvgIpc) is 3.51. The Hall–Kier alpha value is -3.36. The number of benzene rings is 2. The third-order valence-corrected chi connectivity index (χ3v) is 5.85. The lowest BCUT2D eigenvalue weighted by Gasteiger charge is -2.36. The van der Waals surface area contributed by atoms with Crippen molar-refractivity contribution in [3.63, 3.8) is 0 Å². The van der Waals surface area contributed by atoms with E-state index in [1.54, 1.807) is 23.2 Å². The summed E-state index contributed by atoms with van der Waals surface area (Å²) in [6, 6.07) is 6.86. The van der Waals surface area contributed by atoms with Gasteiger partial charge in [-0.05, 0) is 36.5 Å². The number of fused-ring (bicyclic) bond motifs is 1. The lowest BCUT2D eigenvalue weighted by Crippen LogP contribution is -2.49. The maximum atomic E-state index is 13.6. The molecule has 9 heteroatoms. The zero-order valence-electron chi connectivity index (χ0n) is 16.3. The molecule has 2 aliphatic rings. The van der Waals surface area contributed by atoms with Crippen molar-refractivity contribution < 1.29 is 22.4 Å². The summed E-state index contributed by atoms with van der Waals surface area (Å²) in [5, 5.41) is 6.93. The van der Waals surface area contributed by atoms with Crippen molar-refractivity contribution in [3.05, 3.63) is 71.6 Å². The number of hydrogen-bond donors (Lipinski definition) is 1. The number of urea groups is 1. The number of carbonyl (C=O) groups is 1. The van der Waals surface area contributed by atoms with Crippen molar-refractivity contribution in [2.45, 2.75) is 32.0 Å². The second-order valence-electron chi connectivity index (χ2n) is 7.91. The molecule has 1 unspecified atom stereocenters. The quantitative estimate of drug-likeness (QED) is 0.473. The van der Waals surface area contributed by atoms with Crippen LogP contribution in [0, 0.1) is 29.2 Å². The second-order valence-corrected chi connectivity index (χ2v) is 7.91. The van der Waals surface area contributed by atoms with E-state index in [9.17, 15) is 22.4 Å². The van der Waals surface area contributed by atoms with Gasteiger partial charge in [-0.15, -0.1) is 0 Å². The van der Waals surface area contributed by atoms with E-state index in [2.05, 4.69) is 10.4 Å². The lowest BCUT2D eigenvalue weighted by atomic mass is 10.0. The summed E-state index contributed by atoms with van der Waals surface area (Å²) in [6.07, 6.45) is 3.66. The standard InChI is InChI=1S/C22H18F4N4O/c23-14-5-3-12(4-6-14)16-9-27-30-11-19(13-1-2-13)29(10-20(16)30)22(31)28-15-7-17(24)21(26)18(25)8-15/h3-9,13,19H,1-2,10-11H2,(H,28,31). The van der Waals surface area contributed by atoms with E-state index in [-0.39, 0.29) is 24.1 Å². The van der Waals surface area contributed by atoms with Gasteiger partial charge < -0.3 is 10.2 Å². The molecule has 1 atom stereocenters. The molecule has 1 aliphatic carbocycles. The number of anilines is 1. The highest BCUT2D eigenvalue weighted by molar-refractivity contribution is 5.89. The lowest BCUT2D eigenvalue weighted by molar-refractivity contribution is 0.141. The van der Waals surface area contributed by atoms with E-state index in [4.69, 9.17) is 0 Å². The van der Waals surface area contributed by atoms with Gasteiger partial charge in [-0.25, -0.2) is 22.4 Å². The van der Waals surface area contributed by atoms with E-state index in [0.717, 1.165) is 41.8 Å². The number of rotatable bonds is 3. The fourth-order valence-corrected chi connectivity index (χ4v) is 4.09. The molecule has 1 saturated carbocycles. The van der Waals surface area contributed by atoms with Crippen LogP contribution in [0.4, 0.5) is 28.0 Å². The average molecular weight is 430 g/mol. The Morgan fingerprint density at radius 2 is 1.71 bits per heavy atom. The minimum Gasteiger partial charge on any atom is -0.313 e. The van der Waals surface area contributed by atoms with E-state index in [1.165, 1.54) is 12.1 Å². The molecule has 2 aromatic carbocycles. The van der Waals surface area contributed by atoms with Crippen molar-refractivity contribution >= 4 is 11.7 Å². The molecular weight excluding hydrogens is 412 g/mol. The van der Waals surface area contributed by atoms with Gasteiger partial charge >= 0.3 is 6.03 Å². The van der Waals surface area contributed by atoms with E-state index in [1.807, 2.05) is 4.68 Å². The van der Waals surface area contributed by atoms with Crippen LogP contribution in [0.2, 0.25) is 0 Å². The highest BCUT2D eigenvalue weighted by Crippen LogP contribution is 2.40. The summed E-state index contributed by atoms with van der Waals surface area (Å²) >= 11 is 0. The molecule has 5 rings (SSSR count). The van der Waals surface area contributed by atoms with E-state index in [0.29, 0.717) is 12.5 Å². The Kier molecular flexibility index (Phi) is 4.68. The third kappa shape index (κ3) is 3.64. The highest BCUT2D eigenvalue weighted by atomic mass is 19.2. The molecular formula is C22H18F4N4O. The van der Waals surface area contributed by atoms with Crippen LogP contribution in [0.3, 0.4) is 0 Å². The molecule has 2 heterocycles. The van der Waals surface area contributed by atoms with Gasteiger partial charge in [0.1, 0.15) is 5.82 Å². The normalized spacial score (nSPS) is 18.1. The molecule has 3 aromatic rings. The van der Waals surface area contributed by atoms with Crippen LogP contribution < -0.4 is 5.32 Å². The van der Waals surface area contributed by atoms with Crippen molar-refractivity contribution in [2.75, 3.05) is 5.32 Å². The Morgan fingerprint density at radius 3 is 2.35 bits per heavy atom. The van der Waals surface area contributed by atoms with Gasteiger partial charge in [0.2, 0.25) is 0 Å². The fraction of sp³-hybridized carbons (Fsp3) is 0.273. The van der Waals surface area contributed by atoms with Crippen molar-refractivity contribution in [3.8, 4) is 11.1 Å². The topological polar surface area (TPSA) is 50.2 Å². The van der Waals surface area contributed by atoms with Crippen LogP contribution in [0.25, 0.3) is 11.1 Å². The van der Waals surface area contributed by atoms with Crippen LogP contribution >= 0.6 is 0 Å². The number of nitrogens with zero attached hydrogens (tertiary/aromatic N) is 3. The number of halogens is 4. The van der Waals surface area contributed by atoms with Gasteiger partial charge in [0.05, 0.1) is 31.0 Å². The smallest absolute Gasteiger partial charge is 0.313 e. The van der Waals surface area contributed by atoms with Crippen molar-refractivity contribution in [2.24, 2.45) is 5.92 Å². The van der Waals surface area contributed by atoms with Gasteiger partial charge in [0, 0.05) is 23.4 Å². The molecule has 1 aromatic heterocycles. The molecule has 1 fully saturated rings. The largest absolute Gasteiger partial charge is 0.322 e. The van der Waals surface area contributed by atoms with Gasteiger partial charge in [-0.1, -0.05) is 12.1 Å².